The summed E-state index contributed by atoms with van der Waals surface area (Å²) in [6.45, 7) is 1.63. The summed E-state index contributed by atoms with van der Waals surface area (Å²) in [5.74, 6) is -1.28. The highest BCUT2D eigenvalue weighted by atomic mass is 35.5. The first kappa shape index (κ1) is 29.9. The lowest BCUT2D eigenvalue weighted by Crippen LogP contribution is -2.57. The number of likely N-dealkylation sites (tertiary alicyclic amines) is 1. The molecule has 1 aliphatic rings. The number of nitrogens with one attached hydrogen (secondary N) is 1. The zero-order chi connectivity index (χ0) is 29.4. The molecule has 0 spiro atoms. The predicted molar refractivity (Wildman–Crippen MR) is 159 cm³/mol. The van der Waals surface area contributed by atoms with Crippen molar-refractivity contribution < 1.29 is 24.2 Å². The number of hydrogen-bond donors (Lipinski definition) is 2. The van der Waals surface area contributed by atoms with E-state index in [2.05, 4.69) is 10.2 Å². The quantitative estimate of drug-likeness (QED) is 0.350. The SMILES string of the molecule is COc1ccccc1CN(C)CCNC(=O)[C@H]1C[C@H](C(=O)O)CCN1C(=O)N(c1ccccc1)c1cccc(Cl)c1. The molecular formula is C31H35ClN4O5. The smallest absolute Gasteiger partial charge is 0.329 e. The lowest BCUT2D eigenvalue weighted by Gasteiger charge is -2.40. The summed E-state index contributed by atoms with van der Waals surface area (Å²) in [7, 11) is 3.57. The highest BCUT2D eigenvalue weighted by molar-refractivity contribution is 6.31. The second kappa shape index (κ2) is 14.0. The molecule has 0 aliphatic carbocycles. The highest BCUT2D eigenvalue weighted by Crippen LogP contribution is 2.32. The van der Waals surface area contributed by atoms with Crippen LogP contribution in [0.15, 0.2) is 78.9 Å². The van der Waals surface area contributed by atoms with Crippen molar-refractivity contribution in [3.05, 3.63) is 89.4 Å². The van der Waals surface area contributed by atoms with Gasteiger partial charge in [0.25, 0.3) is 0 Å². The minimum atomic E-state index is -0.971. The number of piperidine rings is 1. The fraction of sp³-hybridized carbons (Fsp3) is 0.323. The van der Waals surface area contributed by atoms with Gasteiger partial charge in [0.15, 0.2) is 0 Å². The summed E-state index contributed by atoms with van der Waals surface area (Å²) >= 11 is 6.26. The molecule has 0 bridgehead atoms. The zero-order valence-electron chi connectivity index (χ0n) is 23.2. The van der Waals surface area contributed by atoms with Gasteiger partial charge in [-0.15, -0.1) is 0 Å². The number of carboxylic acid groups (broad SMARTS) is 1. The van der Waals surface area contributed by atoms with Gasteiger partial charge in [0.2, 0.25) is 5.91 Å². The van der Waals surface area contributed by atoms with Gasteiger partial charge < -0.3 is 25.0 Å². The first-order valence-electron chi connectivity index (χ1n) is 13.5. The largest absolute Gasteiger partial charge is 0.496 e. The number of urea groups is 1. The van der Waals surface area contributed by atoms with Crippen molar-refractivity contribution in [2.75, 3.05) is 38.7 Å². The van der Waals surface area contributed by atoms with Gasteiger partial charge in [0.1, 0.15) is 11.8 Å². The molecule has 0 saturated carbocycles. The Morgan fingerprint density at radius 3 is 2.44 bits per heavy atom. The topological polar surface area (TPSA) is 102 Å². The molecule has 4 rings (SSSR count). The molecule has 1 aliphatic heterocycles. The summed E-state index contributed by atoms with van der Waals surface area (Å²) < 4.78 is 5.43. The van der Waals surface area contributed by atoms with Crippen LogP contribution in [0.3, 0.4) is 0 Å². The van der Waals surface area contributed by atoms with E-state index in [9.17, 15) is 19.5 Å². The van der Waals surface area contributed by atoms with Crippen molar-refractivity contribution in [1.29, 1.82) is 0 Å². The lowest BCUT2D eigenvalue weighted by atomic mass is 9.90. The van der Waals surface area contributed by atoms with Crippen molar-refractivity contribution in [3.63, 3.8) is 0 Å². The Labute approximate surface area is 245 Å². The van der Waals surface area contributed by atoms with Crippen molar-refractivity contribution in [2.24, 2.45) is 5.92 Å². The second-order valence-electron chi connectivity index (χ2n) is 10.0. The Kier molecular flexibility index (Phi) is 10.2. The minimum absolute atomic E-state index is 0.0299. The maximum atomic E-state index is 14.1. The van der Waals surface area contributed by atoms with Crippen molar-refractivity contribution in [2.45, 2.75) is 25.4 Å². The summed E-state index contributed by atoms with van der Waals surface area (Å²) in [6, 6.07) is 22.4. The minimum Gasteiger partial charge on any atom is -0.496 e. The Morgan fingerprint density at radius 2 is 1.73 bits per heavy atom. The number of amides is 3. The third kappa shape index (κ3) is 7.56. The molecule has 2 atom stereocenters. The van der Waals surface area contributed by atoms with E-state index in [4.69, 9.17) is 16.3 Å². The van der Waals surface area contributed by atoms with Gasteiger partial charge in [-0.3, -0.25) is 14.5 Å². The van der Waals surface area contributed by atoms with Crippen LogP contribution in [0.5, 0.6) is 5.75 Å². The molecule has 41 heavy (non-hydrogen) atoms. The average Bonchev–Trinajstić information content (AvgIpc) is 2.97. The van der Waals surface area contributed by atoms with E-state index in [-0.39, 0.29) is 25.3 Å². The maximum absolute atomic E-state index is 14.1. The van der Waals surface area contributed by atoms with Crippen LogP contribution in [0.4, 0.5) is 16.2 Å². The van der Waals surface area contributed by atoms with Gasteiger partial charge >= 0.3 is 12.0 Å². The number of anilines is 2. The number of hydrogen-bond acceptors (Lipinski definition) is 5. The number of methoxy groups -OCH3 is 1. The number of nitrogens with zero attached hydrogens (tertiary/aromatic N) is 3. The molecule has 1 saturated heterocycles. The van der Waals surface area contributed by atoms with Crippen LogP contribution in [0.25, 0.3) is 0 Å². The number of likely N-dealkylation sites (N-methyl/N-ethyl adjacent to an activating group) is 1. The van der Waals surface area contributed by atoms with E-state index in [0.29, 0.717) is 36.0 Å². The standard InChI is InChI=1S/C31H35ClN4O5/c1-34(21-23-9-6-7-14-28(23)41-2)18-16-33-29(37)27-19-22(30(38)39)15-17-35(27)31(40)36(25-11-4-3-5-12-25)26-13-8-10-24(32)20-26/h3-14,20,22,27H,15-19,21H2,1-2H3,(H,33,37)(H,38,39)/t22-,27-/m1/s1. The number of halogens is 1. The number of ether oxygens (including phenoxy) is 1. The van der Waals surface area contributed by atoms with Gasteiger partial charge in [-0.05, 0) is 56.3 Å². The molecule has 0 unspecified atom stereocenters. The number of benzene rings is 3. The van der Waals surface area contributed by atoms with Crippen LogP contribution < -0.4 is 15.0 Å². The maximum Gasteiger partial charge on any atom is 0.329 e. The third-order valence-electron chi connectivity index (χ3n) is 7.20. The fourth-order valence-electron chi connectivity index (χ4n) is 5.05. The normalized spacial score (nSPS) is 16.7. The molecule has 3 amide bonds. The summed E-state index contributed by atoms with van der Waals surface area (Å²) in [5.41, 5.74) is 2.18. The molecular weight excluding hydrogens is 544 g/mol. The van der Waals surface area contributed by atoms with Crippen LogP contribution >= 0.6 is 11.6 Å². The van der Waals surface area contributed by atoms with Gasteiger partial charge in [0, 0.05) is 36.8 Å². The van der Waals surface area contributed by atoms with E-state index in [1.807, 2.05) is 49.5 Å². The number of para-hydroxylation sites is 2. The zero-order valence-corrected chi connectivity index (χ0v) is 24.0. The van der Waals surface area contributed by atoms with E-state index in [1.54, 1.807) is 43.5 Å². The molecule has 10 heteroatoms. The number of carbonyl (C=O) groups is 3. The van der Waals surface area contributed by atoms with E-state index < -0.39 is 24.0 Å². The van der Waals surface area contributed by atoms with Gasteiger partial charge in [-0.25, -0.2) is 4.79 Å². The van der Waals surface area contributed by atoms with Crippen LogP contribution in [0.1, 0.15) is 18.4 Å². The Bertz CT molecular complexity index is 1360. The van der Waals surface area contributed by atoms with Crippen molar-refractivity contribution in [3.8, 4) is 5.75 Å². The molecule has 0 radical (unpaired) electrons. The summed E-state index contributed by atoms with van der Waals surface area (Å²) in [5, 5.41) is 13.1. The van der Waals surface area contributed by atoms with Gasteiger partial charge in [-0.2, -0.15) is 0 Å². The van der Waals surface area contributed by atoms with E-state index >= 15 is 0 Å². The molecule has 3 aromatic rings. The molecule has 2 N–H and O–H groups in total. The first-order valence-corrected chi connectivity index (χ1v) is 13.9. The Balaban J connectivity index is 1.50. The van der Waals surface area contributed by atoms with E-state index in [1.165, 1.54) is 9.80 Å². The molecule has 9 nitrogen and oxygen atoms in total. The van der Waals surface area contributed by atoms with E-state index in [0.717, 1.165) is 11.3 Å². The number of carboxylic acids is 1. The fourth-order valence-corrected chi connectivity index (χ4v) is 5.23. The molecule has 3 aromatic carbocycles. The number of carbonyl (C=O) groups excluding carboxylic acids is 2. The van der Waals surface area contributed by atoms with Crippen molar-refractivity contribution >= 4 is 40.9 Å². The van der Waals surface area contributed by atoms with Gasteiger partial charge in [0.05, 0.1) is 24.4 Å². The summed E-state index contributed by atoms with van der Waals surface area (Å²) in [4.78, 5) is 44.5. The average molecular weight is 579 g/mol. The van der Waals surface area contributed by atoms with Crippen LogP contribution in [-0.4, -0.2) is 72.6 Å². The van der Waals surface area contributed by atoms with Crippen LogP contribution in [-0.2, 0) is 16.1 Å². The first-order chi connectivity index (χ1) is 19.8. The van der Waals surface area contributed by atoms with Gasteiger partial charge in [-0.1, -0.05) is 54.1 Å². The van der Waals surface area contributed by atoms with Crippen LogP contribution in [0.2, 0.25) is 5.02 Å². The number of rotatable bonds is 10. The lowest BCUT2D eigenvalue weighted by molar-refractivity contribution is -0.144. The predicted octanol–water partition coefficient (Wildman–Crippen LogP) is 5.02. The molecule has 216 valence electrons. The Morgan fingerprint density at radius 1 is 1.02 bits per heavy atom. The number of aliphatic carboxylic acids is 1. The Hall–Kier alpha value is -4.08. The monoisotopic (exact) mass is 578 g/mol. The van der Waals surface area contributed by atoms with Crippen LogP contribution in [0, 0.1) is 5.92 Å². The van der Waals surface area contributed by atoms with Crippen molar-refractivity contribution in [1.82, 2.24) is 15.1 Å². The molecule has 0 aromatic heterocycles. The second-order valence-corrected chi connectivity index (χ2v) is 10.5. The highest BCUT2D eigenvalue weighted by Gasteiger charge is 2.40. The third-order valence-corrected chi connectivity index (χ3v) is 7.43. The molecule has 1 fully saturated rings. The summed E-state index contributed by atoms with van der Waals surface area (Å²) in [6.07, 6.45) is 0.285. The molecule has 1 heterocycles.